The summed E-state index contributed by atoms with van der Waals surface area (Å²) >= 11 is 0. The first-order valence-electron chi connectivity index (χ1n) is 13.1. The highest BCUT2D eigenvalue weighted by Crippen LogP contribution is 2.38. The lowest BCUT2D eigenvalue weighted by atomic mass is 9.79. The van der Waals surface area contributed by atoms with Gasteiger partial charge in [0.05, 0.1) is 5.75 Å². The van der Waals surface area contributed by atoms with Crippen LogP contribution in [0.25, 0.3) is 0 Å². The average molecular weight is 543 g/mol. The maximum absolute atomic E-state index is 13.0. The van der Waals surface area contributed by atoms with Crippen LogP contribution in [0.3, 0.4) is 0 Å². The molecule has 1 aromatic carbocycles. The summed E-state index contributed by atoms with van der Waals surface area (Å²) in [4.78, 5) is 17.7. The molecule has 11 heteroatoms. The molecule has 2 fully saturated rings. The van der Waals surface area contributed by atoms with E-state index < -0.39 is 28.2 Å². The SMILES string of the molecule is Cc1cc(CN)ccc1CCS(=O)(=O)N1CCC2(CC1)N=C(C1CCC(CCC(F)(F)F)CC1)NC2=O. The number of piperidine rings is 1. The Hall–Kier alpha value is -1.98. The van der Waals surface area contributed by atoms with Crippen LogP contribution in [-0.2, 0) is 27.8 Å². The minimum absolute atomic E-state index is 0.00110. The molecule has 206 valence electrons. The van der Waals surface area contributed by atoms with E-state index in [1.807, 2.05) is 25.1 Å². The Morgan fingerprint density at radius 2 is 1.84 bits per heavy atom. The summed E-state index contributed by atoms with van der Waals surface area (Å²) < 4.78 is 65.1. The molecule has 1 aliphatic carbocycles. The second-order valence-corrected chi connectivity index (χ2v) is 12.9. The highest BCUT2D eigenvalue weighted by Gasteiger charge is 2.48. The Kier molecular flexibility index (Phi) is 8.35. The van der Waals surface area contributed by atoms with Crippen molar-refractivity contribution in [2.24, 2.45) is 22.6 Å². The van der Waals surface area contributed by atoms with Crippen molar-refractivity contribution in [2.75, 3.05) is 18.8 Å². The second-order valence-electron chi connectivity index (χ2n) is 10.8. The maximum atomic E-state index is 13.0. The number of amides is 1. The van der Waals surface area contributed by atoms with Crippen LogP contribution in [0.1, 0.15) is 68.1 Å². The van der Waals surface area contributed by atoms with Crippen LogP contribution >= 0.6 is 0 Å². The van der Waals surface area contributed by atoms with Gasteiger partial charge in [0, 0.05) is 32.0 Å². The van der Waals surface area contributed by atoms with Gasteiger partial charge in [-0.05, 0) is 80.9 Å². The van der Waals surface area contributed by atoms with Crippen LogP contribution in [0.4, 0.5) is 13.2 Å². The quantitative estimate of drug-likeness (QED) is 0.521. The molecular weight excluding hydrogens is 505 g/mol. The summed E-state index contributed by atoms with van der Waals surface area (Å²) in [5, 5.41) is 2.93. The van der Waals surface area contributed by atoms with Gasteiger partial charge in [-0.25, -0.2) is 12.7 Å². The Morgan fingerprint density at radius 1 is 1.16 bits per heavy atom. The van der Waals surface area contributed by atoms with Gasteiger partial charge in [0.25, 0.3) is 5.91 Å². The average Bonchev–Trinajstić information content (AvgIpc) is 3.17. The van der Waals surface area contributed by atoms with E-state index in [0.29, 0.717) is 57.3 Å². The predicted molar refractivity (Wildman–Crippen MR) is 136 cm³/mol. The molecule has 1 saturated heterocycles. The molecule has 0 bridgehead atoms. The van der Waals surface area contributed by atoms with E-state index in [0.717, 1.165) is 16.7 Å². The predicted octanol–water partition coefficient (Wildman–Crippen LogP) is 3.84. The Labute approximate surface area is 217 Å². The van der Waals surface area contributed by atoms with Crippen molar-refractivity contribution in [1.29, 1.82) is 0 Å². The van der Waals surface area contributed by atoms with E-state index in [2.05, 4.69) is 5.32 Å². The smallest absolute Gasteiger partial charge is 0.326 e. The summed E-state index contributed by atoms with van der Waals surface area (Å²) in [6.45, 7) is 2.87. The van der Waals surface area contributed by atoms with Gasteiger partial charge < -0.3 is 11.1 Å². The number of carbonyl (C=O) groups excluding carboxylic acids is 1. The standard InChI is InChI=1S/C26H37F3N4O3S/c1-18-16-20(17-30)4-5-21(18)9-15-37(35,36)33-13-11-25(12-14-33)24(34)31-23(32-25)22-6-2-19(3-7-22)8-10-26(27,28)29/h4-5,16,19,22H,2-3,6-15,17,30H2,1H3,(H,31,32,34). The number of alkyl halides is 3. The molecule has 37 heavy (non-hydrogen) atoms. The van der Waals surface area contributed by atoms with Gasteiger partial charge >= 0.3 is 6.18 Å². The zero-order chi connectivity index (χ0) is 26.8. The Bertz CT molecular complexity index is 1120. The van der Waals surface area contributed by atoms with Crippen LogP contribution in [0.2, 0.25) is 0 Å². The topological polar surface area (TPSA) is 105 Å². The highest BCUT2D eigenvalue weighted by atomic mass is 32.2. The summed E-state index contributed by atoms with van der Waals surface area (Å²) in [5.74, 6) is 0.545. The Morgan fingerprint density at radius 3 is 2.43 bits per heavy atom. The molecule has 1 amide bonds. The van der Waals surface area contributed by atoms with Crippen molar-refractivity contribution in [3.05, 3.63) is 34.9 Å². The van der Waals surface area contributed by atoms with E-state index in [4.69, 9.17) is 10.7 Å². The van der Waals surface area contributed by atoms with Crippen LogP contribution in [0.5, 0.6) is 0 Å². The van der Waals surface area contributed by atoms with Crippen LogP contribution in [0, 0.1) is 18.8 Å². The molecule has 3 aliphatic rings. The van der Waals surface area contributed by atoms with Crippen molar-refractivity contribution in [2.45, 2.75) is 83.0 Å². The molecule has 4 rings (SSSR count). The van der Waals surface area contributed by atoms with Gasteiger partial charge in [-0.1, -0.05) is 18.2 Å². The largest absolute Gasteiger partial charge is 0.389 e. The number of nitrogens with two attached hydrogens (primary N) is 1. The highest BCUT2D eigenvalue weighted by molar-refractivity contribution is 7.89. The number of sulfonamides is 1. The van der Waals surface area contributed by atoms with Gasteiger partial charge in [-0.15, -0.1) is 0 Å². The molecule has 3 N–H and O–H groups in total. The van der Waals surface area contributed by atoms with E-state index >= 15 is 0 Å². The number of aryl methyl sites for hydroxylation is 2. The monoisotopic (exact) mass is 542 g/mol. The van der Waals surface area contributed by atoms with Crippen LogP contribution in [0.15, 0.2) is 23.2 Å². The fourth-order valence-corrected chi connectivity index (χ4v) is 7.31. The number of nitrogens with one attached hydrogen (secondary N) is 1. The Balaban J connectivity index is 1.30. The van der Waals surface area contributed by atoms with E-state index in [-0.39, 0.29) is 43.0 Å². The first kappa shape index (κ1) is 28.0. The molecule has 0 radical (unpaired) electrons. The van der Waals surface area contributed by atoms with Crippen molar-refractivity contribution in [1.82, 2.24) is 9.62 Å². The number of nitrogens with zero attached hydrogens (tertiary/aromatic N) is 2. The second kappa shape index (κ2) is 11.0. The zero-order valence-electron chi connectivity index (χ0n) is 21.3. The number of benzene rings is 1. The third kappa shape index (κ3) is 6.72. The normalized spacial score (nSPS) is 24.8. The summed E-state index contributed by atoms with van der Waals surface area (Å²) in [6, 6.07) is 5.83. The number of rotatable bonds is 8. The minimum Gasteiger partial charge on any atom is -0.326 e. The molecule has 0 unspecified atom stereocenters. The number of halogens is 3. The number of hydrogen-bond donors (Lipinski definition) is 2. The molecule has 0 atom stereocenters. The molecule has 7 nitrogen and oxygen atoms in total. The molecule has 1 spiro atoms. The van der Waals surface area contributed by atoms with Crippen molar-refractivity contribution < 1.29 is 26.4 Å². The van der Waals surface area contributed by atoms with Crippen LogP contribution < -0.4 is 11.1 Å². The first-order valence-corrected chi connectivity index (χ1v) is 14.8. The van der Waals surface area contributed by atoms with Gasteiger partial charge in [-0.3, -0.25) is 9.79 Å². The third-order valence-corrected chi connectivity index (χ3v) is 10.2. The van der Waals surface area contributed by atoms with Gasteiger partial charge in [-0.2, -0.15) is 13.2 Å². The van der Waals surface area contributed by atoms with Gasteiger partial charge in [0.1, 0.15) is 11.4 Å². The summed E-state index contributed by atoms with van der Waals surface area (Å²) in [7, 11) is -3.49. The fraction of sp³-hybridized carbons (Fsp3) is 0.692. The molecular formula is C26H37F3N4O3S. The molecule has 2 aliphatic heterocycles. The summed E-state index contributed by atoms with van der Waals surface area (Å²) in [5.41, 5.74) is 7.74. The van der Waals surface area contributed by atoms with Crippen molar-refractivity contribution >= 4 is 21.8 Å². The van der Waals surface area contributed by atoms with Gasteiger partial charge in [0.2, 0.25) is 10.0 Å². The number of aliphatic imine (C=N–C) groups is 1. The summed E-state index contributed by atoms with van der Waals surface area (Å²) in [6.07, 6.45) is -0.830. The van der Waals surface area contributed by atoms with Crippen molar-refractivity contribution in [3.8, 4) is 0 Å². The zero-order valence-corrected chi connectivity index (χ0v) is 22.1. The molecule has 1 saturated carbocycles. The molecule has 0 aromatic heterocycles. The lowest BCUT2D eigenvalue weighted by molar-refractivity contribution is -0.138. The lowest BCUT2D eigenvalue weighted by Gasteiger charge is -2.34. The molecule has 2 heterocycles. The lowest BCUT2D eigenvalue weighted by Crippen LogP contribution is -2.51. The number of amidine groups is 1. The third-order valence-electron chi connectivity index (χ3n) is 8.28. The van der Waals surface area contributed by atoms with E-state index in [9.17, 15) is 26.4 Å². The van der Waals surface area contributed by atoms with E-state index in [1.165, 1.54) is 4.31 Å². The van der Waals surface area contributed by atoms with Crippen LogP contribution in [-0.4, -0.2) is 55.0 Å². The fourth-order valence-electron chi connectivity index (χ4n) is 5.83. The van der Waals surface area contributed by atoms with Crippen molar-refractivity contribution in [3.63, 3.8) is 0 Å². The van der Waals surface area contributed by atoms with E-state index in [1.54, 1.807) is 0 Å². The number of carbonyl (C=O) groups is 1. The first-order chi connectivity index (χ1) is 17.4. The minimum atomic E-state index is -4.12. The number of hydrogen-bond acceptors (Lipinski definition) is 5. The maximum Gasteiger partial charge on any atom is 0.389 e. The van der Waals surface area contributed by atoms with Gasteiger partial charge in [0.15, 0.2) is 0 Å². The molecule has 1 aromatic rings.